The number of carbonyl (C=O) groups excluding carboxylic acids is 1. The van der Waals surface area contributed by atoms with Gasteiger partial charge in [-0.25, -0.2) is 4.79 Å². The molecule has 1 aliphatic carbocycles. The number of aliphatic carboxylic acids is 1. The van der Waals surface area contributed by atoms with Crippen LogP contribution in [-0.2, 0) is 20.7 Å². The van der Waals surface area contributed by atoms with Crippen molar-refractivity contribution in [3.63, 3.8) is 0 Å². The number of hydrogen-bond acceptors (Lipinski definition) is 3. The third-order valence-electron chi connectivity index (χ3n) is 4.73. The monoisotopic (exact) mass is 356 g/mol. The van der Waals surface area contributed by atoms with Gasteiger partial charge in [-0.15, -0.1) is 0 Å². The Morgan fingerprint density at radius 3 is 2.50 bits per heavy atom. The maximum atomic E-state index is 11.9. The highest BCUT2D eigenvalue weighted by Gasteiger charge is 2.17. The number of carboxylic acids is 1. The lowest BCUT2D eigenvalue weighted by Crippen LogP contribution is -2.15. The minimum Gasteiger partial charge on any atom is -0.478 e. The van der Waals surface area contributed by atoms with Crippen molar-refractivity contribution in [2.75, 3.05) is 6.61 Å². The lowest BCUT2D eigenvalue weighted by Gasteiger charge is -2.20. The van der Waals surface area contributed by atoms with Crippen LogP contribution in [-0.4, -0.2) is 23.7 Å². The van der Waals surface area contributed by atoms with Crippen LogP contribution in [0, 0.1) is 5.92 Å². The summed E-state index contributed by atoms with van der Waals surface area (Å²) in [6, 6.07) is 7.73. The summed E-state index contributed by atoms with van der Waals surface area (Å²) < 4.78 is 5.40. The molecule has 1 aromatic rings. The molecular formula is C22H28O4. The van der Waals surface area contributed by atoms with Crippen LogP contribution in [0.15, 0.2) is 42.0 Å². The Hall–Kier alpha value is -2.36. The van der Waals surface area contributed by atoms with Crippen LogP contribution in [0.25, 0.3) is 6.08 Å². The number of hydrogen-bond donors (Lipinski definition) is 1. The molecule has 0 unspecified atom stereocenters. The van der Waals surface area contributed by atoms with Gasteiger partial charge in [0.25, 0.3) is 0 Å². The predicted octanol–water partition coefficient (Wildman–Crippen LogP) is 4.79. The van der Waals surface area contributed by atoms with Crippen LogP contribution in [0.4, 0.5) is 0 Å². The lowest BCUT2D eigenvalue weighted by molar-refractivity contribution is -0.144. The van der Waals surface area contributed by atoms with Crippen LogP contribution < -0.4 is 0 Å². The third-order valence-corrected chi connectivity index (χ3v) is 4.73. The number of rotatable bonds is 8. The van der Waals surface area contributed by atoms with E-state index in [4.69, 9.17) is 9.84 Å². The molecular weight excluding hydrogens is 328 g/mol. The van der Waals surface area contributed by atoms with Crippen molar-refractivity contribution in [2.24, 2.45) is 5.92 Å². The van der Waals surface area contributed by atoms with E-state index in [-0.39, 0.29) is 5.97 Å². The topological polar surface area (TPSA) is 63.6 Å². The molecule has 0 heterocycles. The minimum atomic E-state index is -0.953. The molecule has 4 heteroatoms. The second kappa shape index (κ2) is 10.6. The molecule has 1 fully saturated rings. The van der Waals surface area contributed by atoms with Gasteiger partial charge in [0, 0.05) is 12.5 Å². The van der Waals surface area contributed by atoms with E-state index in [2.05, 4.69) is 6.08 Å². The Kier molecular flexibility index (Phi) is 8.13. The second-order valence-electron chi connectivity index (χ2n) is 7.04. The number of esters is 1. The minimum absolute atomic E-state index is 0.0841. The fourth-order valence-corrected chi connectivity index (χ4v) is 3.16. The standard InChI is InChI=1S/C22H28O4/c1-17(16-26-22(25)15-20-5-3-2-4-6-20)7-8-18-9-11-19(12-10-18)13-14-21(23)24/h7,9-14,20H,2-6,8,15-16H2,1H3,(H,23,24)/b14-13+,17-7?. The highest BCUT2D eigenvalue weighted by molar-refractivity contribution is 5.85. The molecule has 140 valence electrons. The average molecular weight is 356 g/mol. The number of benzene rings is 1. The SMILES string of the molecule is CC(=CCc1ccc(/C=C/C(=O)O)cc1)COC(=O)CC1CCCCC1. The van der Waals surface area contributed by atoms with E-state index in [9.17, 15) is 9.59 Å². The fourth-order valence-electron chi connectivity index (χ4n) is 3.16. The van der Waals surface area contributed by atoms with E-state index in [1.54, 1.807) is 6.08 Å². The number of carbonyl (C=O) groups is 2. The Labute approximate surface area is 155 Å². The Bertz CT molecular complexity index is 649. The molecule has 0 aliphatic heterocycles. The maximum absolute atomic E-state index is 11.9. The molecule has 1 aromatic carbocycles. The van der Waals surface area contributed by atoms with E-state index in [1.807, 2.05) is 31.2 Å². The molecule has 1 aliphatic rings. The van der Waals surface area contributed by atoms with Crippen molar-refractivity contribution in [1.82, 2.24) is 0 Å². The van der Waals surface area contributed by atoms with Crippen molar-refractivity contribution < 1.29 is 19.4 Å². The zero-order chi connectivity index (χ0) is 18.8. The molecule has 0 radical (unpaired) electrons. The molecule has 1 N–H and O–H groups in total. The summed E-state index contributed by atoms with van der Waals surface area (Å²) in [4.78, 5) is 22.4. The Balaban J connectivity index is 1.73. The molecule has 0 atom stereocenters. The van der Waals surface area contributed by atoms with Crippen LogP contribution in [0.2, 0.25) is 0 Å². The summed E-state index contributed by atoms with van der Waals surface area (Å²) in [5, 5.41) is 8.63. The predicted molar refractivity (Wildman–Crippen MR) is 103 cm³/mol. The smallest absolute Gasteiger partial charge is 0.328 e. The molecule has 0 spiro atoms. The number of carboxylic acid groups (broad SMARTS) is 1. The van der Waals surface area contributed by atoms with Gasteiger partial charge in [-0.1, -0.05) is 49.6 Å². The highest BCUT2D eigenvalue weighted by Crippen LogP contribution is 2.26. The molecule has 0 aromatic heterocycles. The average Bonchev–Trinajstić information content (AvgIpc) is 2.64. The molecule has 1 saturated carbocycles. The Morgan fingerprint density at radius 2 is 1.85 bits per heavy atom. The maximum Gasteiger partial charge on any atom is 0.328 e. The molecule has 0 bridgehead atoms. The van der Waals surface area contributed by atoms with Crippen molar-refractivity contribution in [2.45, 2.75) is 51.9 Å². The zero-order valence-corrected chi connectivity index (χ0v) is 15.4. The van der Waals surface area contributed by atoms with Crippen molar-refractivity contribution in [1.29, 1.82) is 0 Å². The van der Waals surface area contributed by atoms with Crippen molar-refractivity contribution in [3.05, 3.63) is 53.1 Å². The largest absolute Gasteiger partial charge is 0.478 e. The van der Waals surface area contributed by atoms with Gasteiger partial charge in [-0.05, 0) is 54.9 Å². The van der Waals surface area contributed by atoms with Gasteiger partial charge >= 0.3 is 11.9 Å². The summed E-state index contributed by atoms with van der Waals surface area (Å²) in [6.45, 7) is 2.32. The van der Waals surface area contributed by atoms with Gasteiger partial charge in [0.2, 0.25) is 0 Å². The fraction of sp³-hybridized carbons (Fsp3) is 0.455. The third kappa shape index (κ3) is 7.68. The summed E-state index contributed by atoms with van der Waals surface area (Å²) >= 11 is 0. The van der Waals surface area contributed by atoms with E-state index in [0.717, 1.165) is 42.0 Å². The van der Waals surface area contributed by atoms with E-state index >= 15 is 0 Å². The van der Waals surface area contributed by atoms with Crippen LogP contribution in [0.3, 0.4) is 0 Å². The second-order valence-corrected chi connectivity index (χ2v) is 7.04. The van der Waals surface area contributed by atoms with E-state index in [1.165, 1.54) is 19.3 Å². The molecule has 26 heavy (non-hydrogen) atoms. The van der Waals surface area contributed by atoms with Gasteiger partial charge in [0.15, 0.2) is 0 Å². The highest BCUT2D eigenvalue weighted by atomic mass is 16.5. The normalized spacial score (nSPS) is 16.0. The first-order valence-electron chi connectivity index (χ1n) is 9.34. The van der Waals surface area contributed by atoms with Gasteiger partial charge < -0.3 is 9.84 Å². The quantitative estimate of drug-likeness (QED) is 0.413. The molecule has 0 amide bonds. The summed E-state index contributed by atoms with van der Waals surface area (Å²) in [5.41, 5.74) is 3.02. The first-order valence-corrected chi connectivity index (χ1v) is 9.34. The first kappa shape index (κ1) is 20.0. The van der Waals surface area contributed by atoms with E-state index < -0.39 is 5.97 Å². The van der Waals surface area contributed by atoms with Crippen LogP contribution >= 0.6 is 0 Å². The van der Waals surface area contributed by atoms with Gasteiger partial charge in [-0.2, -0.15) is 0 Å². The van der Waals surface area contributed by atoms with Gasteiger partial charge in [-0.3, -0.25) is 4.79 Å². The molecule has 0 saturated heterocycles. The van der Waals surface area contributed by atoms with E-state index in [0.29, 0.717) is 18.9 Å². The van der Waals surface area contributed by atoms with Crippen molar-refractivity contribution >= 4 is 18.0 Å². The van der Waals surface area contributed by atoms with Crippen LogP contribution in [0.5, 0.6) is 0 Å². The first-order chi connectivity index (χ1) is 12.5. The zero-order valence-electron chi connectivity index (χ0n) is 15.4. The van der Waals surface area contributed by atoms with Gasteiger partial charge in [0.1, 0.15) is 6.61 Å². The summed E-state index contributed by atoms with van der Waals surface area (Å²) in [5.74, 6) is -0.529. The number of allylic oxidation sites excluding steroid dienone is 1. The van der Waals surface area contributed by atoms with Crippen LogP contribution in [0.1, 0.15) is 56.6 Å². The summed E-state index contributed by atoms with van der Waals surface area (Å²) in [6.07, 6.45) is 12.2. The van der Waals surface area contributed by atoms with Crippen molar-refractivity contribution in [3.8, 4) is 0 Å². The summed E-state index contributed by atoms with van der Waals surface area (Å²) in [7, 11) is 0. The molecule has 2 rings (SSSR count). The molecule has 4 nitrogen and oxygen atoms in total. The number of ether oxygens (including phenoxy) is 1. The lowest BCUT2D eigenvalue weighted by atomic mass is 9.87. The Morgan fingerprint density at radius 1 is 1.15 bits per heavy atom. The van der Waals surface area contributed by atoms with Gasteiger partial charge in [0.05, 0.1) is 0 Å².